The van der Waals surface area contributed by atoms with Crippen molar-refractivity contribution in [3.63, 3.8) is 0 Å². The molecule has 0 aliphatic carbocycles. The van der Waals surface area contributed by atoms with Crippen molar-refractivity contribution in [2.24, 2.45) is 11.8 Å². The Bertz CT molecular complexity index is 1300. The van der Waals surface area contributed by atoms with Gasteiger partial charge in [0.2, 0.25) is 11.8 Å². The Morgan fingerprint density at radius 2 is 1.77 bits per heavy atom. The molecule has 2 bridgehead atoms. The van der Waals surface area contributed by atoms with Crippen molar-refractivity contribution in [2.45, 2.75) is 30.7 Å². The number of alkyl halides is 3. The number of halogens is 4. The fraction of sp³-hybridized carbons (Fsp3) is 0.320. The van der Waals surface area contributed by atoms with Gasteiger partial charge in [-0.2, -0.15) is 13.2 Å². The molecule has 2 fully saturated rings. The summed E-state index contributed by atoms with van der Waals surface area (Å²) in [7, 11) is 0. The summed E-state index contributed by atoms with van der Waals surface area (Å²) >= 11 is 0. The number of fused-ring (bicyclic) bond motifs is 5. The first-order valence-electron chi connectivity index (χ1n) is 10.7. The molecule has 0 radical (unpaired) electrons. The normalized spacial score (nSPS) is 29.0. The van der Waals surface area contributed by atoms with Crippen LogP contribution in [0.2, 0.25) is 0 Å². The van der Waals surface area contributed by atoms with Gasteiger partial charge in [-0.05, 0) is 43.3 Å². The van der Waals surface area contributed by atoms with E-state index in [2.05, 4.69) is 4.85 Å². The lowest BCUT2D eigenvalue weighted by Gasteiger charge is -2.29. The molecule has 2 amide bonds. The monoisotopic (exact) mass is 486 g/mol. The van der Waals surface area contributed by atoms with Gasteiger partial charge in [0.15, 0.2) is 5.69 Å². The molecular weight excluding hydrogens is 468 g/mol. The lowest BCUT2D eigenvalue weighted by atomic mass is 9.71. The second-order valence-corrected chi connectivity index (χ2v) is 8.90. The van der Waals surface area contributed by atoms with E-state index in [9.17, 15) is 27.2 Å². The molecule has 0 N–H and O–H groups in total. The summed E-state index contributed by atoms with van der Waals surface area (Å²) in [5, 5.41) is 0. The summed E-state index contributed by atoms with van der Waals surface area (Å²) in [6, 6.07) is 8.18. The predicted octanol–water partition coefficient (Wildman–Crippen LogP) is 5.07. The molecule has 0 saturated carbocycles. The number of anilines is 1. The van der Waals surface area contributed by atoms with E-state index in [1.165, 1.54) is 30.3 Å². The Labute approximate surface area is 197 Å². The van der Waals surface area contributed by atoms with Crippen molar-refractivity contribution in [1.29, 1.82) is 0 Å². The molecule has 0 spiro atoms. The number of hydrogen-bond donors (Lipinski definition) is 0. The number of ether oxygens (including phenoxy) is 2. The van der Waals surface area contributed by atoms with Gasteiger partial charge in [-0.3, -0.25) is 9.59 Å². The van der Waals surface area contributed by atoms with Crippen molar-refractivity contribution in [3.8, 4) is 5.75 Å². The van der Waals surface area contributed by atoms with Gasteiger partial charge in [0.1, 0.15) is 17.2 Å². The molecule has 2 saturated heterocycles. The largest absolute Gasteiger partial charge is 0.493 e. The minimum absolute atomic E-state index is 0.0919. The maximum absolute atomic E-state index is 13.5. The van der Waals surface area contributed by atoms with E-state index in [4.69, 9.17) is 16.0 Å². The molecular formula is C25H18F4N2O4. The van der Waals surface area contributed by atoms with Gasteiger partial charge in [0.25, 0.3) is 0 Å². The molecule has 0 aromatic heterocycles. The van der Waals surface area contributed by atoms with E-state index in [1.807, 2.05) is 0 Å². The number of imide groups is 1. The molecule has 2 unspecified atom stereocenters. The van der Waals surface area contributed by atoms with Crippen molar-refractivity contribution >= 4 is 23.2 Å². The first kappa shape index (κ1) is 23.1. The van der Waals surface area contributed by atoms with E-state index in [0.717, 1.165) is 11.0 Å². The van der Waals surface area contributed by atoms with Crippen LogP contribution in [-0.2, 0) is 20.5 Å². The number of amides is 2. The van der Waals surface area contributed by atoms with Crippen LogP contribution in [0.3, 0.4) is 0 Å². The summed E-state index contributed by atoms with van der Waals surface area (Å²) in [4.78, 5) is 30.5. The first-order chi connectivity index (χ1) is 16.5. The number of carbonyl (C=O) groups excluding carboxylic acids is 2. The van der Waals surface area contributed by atoms with Gasteiger partial charge in [-0.25, -0.2) is 14.1 Å². The third kappa shape index (κ3) is 3.49. The van der Waals surface area contributed by atoms with E-state index in [-0.39, 0.29) is 18.7 Å². The molecule has 3 heterocycles. The molecule has 180 valence electrons. The Kier molecular flexibility index (Phi) is 5.04. The van der Waals surface area contributed by atoms with E-state index in [0.29, 0.717) is 11.8 Å². The highest BCUT2D eigenvalue weighted by Gasteiger charge is 2.72. The average Bonchev–Trinajstić information content (AvgIpc) is 3.38. The first-order valence-corrected chi connectivity index (χ1v) is 10.7. The highest BCUT2D eigenvalue weighted by Crippen LogP contribution is 2.59. The molecule has 2 aromatic rings. The van der Waals surface area contributed by atoms with Gasteiger partial charge < -0.3 is 9.47 Å². The lowest BCUT2D eigenvalue weighted by molar-refractivity contribution is -0.137. The fourth-order valence-corrected chi connectivity index (χ4v) is 5.25. The number of carbonyl (C=O) groups is 2. The Morgan fingerprint density at radius 3 is 2.43 bits per heavy atom. The van der Waals surface area contributed by atoms with Crippen LogP contribution in [0.25, 0.3) is 4.85 Å². The zero-order valence-electron chi connectivity index (χ0n) is 18.3. The Morgan fingerprint density at radius 1 is 1.09 bits per heavy atom. The molecule has 4 atom stereocenters. The molecule has 6 nitrogen and oxygen atoms in total. The smallest absolute Gasteiger partial charge is 0.407 e. The van der Waals surface area contributed by atoms with Crippen LogP contribution >= 0.6 is 0 Å². The molecule has 5 rings (SSSR count). The fourth-order valence-electron chi connectivity index (χ4n) is 5.25. The second kappa shape index (κ2) is 7.65. The minimum Gasteiger partial charge on any atom is -0.493 e. The minimum atomic E-state index is -4.83. The average molecular weight is 486 g/mol. The van der Waals surface area contributed by atoms with Crippen LogP contribution in [0.4, 0.5) is 28.9 Å². The van der Waals surface area contributed by atoms with Crippen LogP contribution in [0.15, 0.2) is 54.6 Å². The summed E-state index contributed by atoms with van der Waals surface area (Å²) in [6.07, 6.45) is -1.23. The summed E-state index contributed by atoms with van der Waals surface area (Å²) in [5.74, 6) is -3.19. The quantitative estimate of drug-likeness (QED) is 0.256. The predicted molar refractivity (Wildman–Crippen MR) is 115 cm³/mol. The number of benzene rings is 2. The summed E-state index contributed by atoms with van der Waals surface area (Å²) < 4.78 is 65.4. The van der Waals surface area contributed by atoms with Crippen LogP contribution in [0.5, 0.6) is 5.75 Å². The highest BCUT2D eigenvalue weighted by molar-refractivity contribution is 6.23. The lowest BCUT2D eigenvalue weighted by Crippen LogP contribution is -2.42. The standard InChI is InChI=1S/C25H18F4N2O4/c1-23-9-10-24(35-23,11-12-34-16-6-3-14(26)4-7-16)20-19(23)21(32)31(22(20)33)15-5-8-18(30-2)17(13-15)25(27,28)29/h3-10,13,19-20H,11-12H2,1H3/t19-,20+,23?,24?/m1/s1. The SMILES string of the molecule is [C-]#[N+]c1ccc(N2C(=O)[C@@H]3[C@H](C2=O)C2(C)C=CC3(CCOc3ccc(F)cc3)O2)cc1C(F)(F)F. The van der Waals surface area contributed by atoms with Gasteiger partial charge in [-0.1, -0.05) is 18.2 Å². The van der Waals surface area contributed by atoms with Crippen LogP contribution in [0.1, 0.15) is 18.9 Å². The van der Waals surface area contributed by atoms with Gasteiger partial charge in [0, 0.05) is 12.1 Å². The third-order valence-corrected chi connectivity index (χ3v) is 6.80. The van der Waals surface area contributed by atoms with E-state index >= 15 is 0 Å². The number of nitrogens with zero attached hydrogens (tertiary/aromatic N) is 2. The Balaban J connectivity index is 1.44. The second-order valence-electron chi connectivity index (χ2n) is 8.90. The Hall–Kier alpha value is -3.71. The van der Waals surface area contributed by atoms with Crippen LogP contribution in [-0.4, -0.2) is 29.6 Å². The van der Waals surface area contributed by atoms with Crippen molar-refractivity contribution < 1.29 is 36.6 Å². The third-order valence-electron chi connectivity index (χ3n) is 6.80. The summed E-state index contributed by atoms with van der Waals surface area (Å²) in [5.41, 5.74) is -4.36. The molecule has 3 aliphatic heterocycles. The van der Waals surface area contributed by atoms with Crippen molar-refractivity contribution in [2.75, 3.05) is 11.5 Å². The van der Waals surface area contributed by atoms with Gasteiger partial charge >= 0.3 is 6.18 Å². The zero-order valence-corrected chi connectivity index (χ0v) is 18.3. The van der Waals surface area contributed by atoms with Crippen LogP contribution < -0.4 is 9.64 Å². The molecule has 2 aromatic carbocycles. The zero-order chi connectivity index (χ0) is 25.2. The van der Waals surface area contributed by atoms with Crippen molar-refractivity contribution in [1.82, 2.24) is 0 Å². The molecule has 10 heteroatoms. The maximum atomic E-state index is 13.5. The van der Waals surface area contributed by atoms with Crippen molar-refractivity contribution in [3.05, 3.63) is 77.4 Å². The molecule has 35 heavy (non-hydrogen) atoms. The maximum Gasteiger partial charge on any atom is 0.407 e. The summed E-state index contributed by atoms with van der Waals surface area (Å²) in [6.45, 7) is 8.75. The van der Waals surface area contributed by atoms with Gasteiger partial charge in [-0.15, -0.1) is 0 Å². The molecule has 3 aliphatic rings. The van der Waals surface area contributed by atoms with Crippen LogP contribution in [0, 0.1) is 24.2 Å². The van der Waals surface area contributed by atoms with E-state index < -0.39 is 58.1 Å². The number of rotatable bonds is 5. The number of hydrogen-bond acceptors (Lipinski definition) is 4. The topological polar surface area (TPSA) is 60.2 Å². The van der Waals surface area contributed by atoms with Gasteiger partial charge in [0.05, 0.1) is 36.2 Å². The van der Waals surface area contributed by atoms with E-state index in [1.54, 1.807) is 19.1 Å². The highest BCUT2D eigenvalue weighted by atomic mass is 19.4.